The molecular formula is C18H22N4O4S2. The Bertz CT molecular complexity index is 1070. The smallest absolute Gasteiger partial charge is 0.256 e. The number of nitrogens with zero attached hydrogens (tertiary/aromatic N) is 2. The number of amides is 2. The number of sulfonamides is 1. The number of fused-ring (bicyclic) bond motifs is 1. The fourth-order valence-corrected chi connectivity index (χ4v) is 5.17. The molecule has 2 N–H and O–H groups in total. The maximum absolute atomic E-state index is 12.8. The van der Waals surface area contributed by atoms with Crippen LogP contribution in [-0.4, -0.2) is 43.2 Å². The lowest BCUT2D eigenvalue weighted by Gasteiger charge is -2.20. The van der Waals surface area contributed by atoms with Gasteiger partial charge in [0.15, 0.2) is 5.13 Å². The number of aryl methyl sites for hydroxylation is 1. The van der Waals surface area contributed by atoms with Crippen LogP contribution in [0, 0.1) is 6.92 Å². The van der Waals surface area contributed by atoms with Crippen LogP contribution in [0.15, 0.2) is 17.0 Å². The summed E-state index contributed by atoms with van der Waals surface area (Å²) in [6.07, 6.45) is 0. The van der Waals surface area contributed by atoms with Gasteiger partial charge in [0.1, 0.15) is 0 Å². The van der Waals surface area contributed by atoms with E-state index in [0.29, 0.717) is 28.5 Å². The Balaban J connectivity index is 2.21. The van der Waals surface area contributed by atoms with Gasteiger partial charge in [0.25, 0.3) is 5.91 Å². The van der Waals surface area contributed by atoms with Crippen molar-refractivity contribution in [2.24, 2.45) is 0 Å². The summed E-state index contributed by atoms with van der Waals surface area (Å²) in [7, 11) is -2.52. The lowest BCUT2D eigenvalue weighted by molar-refractivity contribution is -0.114. The number of carbonyl (C=O) groups excluding carboxylic acids is 2. The van der Waals surface area contributed by atoms with Crippen molar-refractivity contribution in [1.82, 2.24) is 14.6 Å². The Morgan fingerprint density at radius 2 is 2.00 bits per heavy atom. The summed E-state index contributed by atoms with van der Waals surface area (Å²) < 4.78 is 27.6. The average molecular weight is 423 g/mol. The van der Waals surface area contributed by atoms with Crippen LogP contribution in [0.25, 0.3) is 10.4 Å². The SMILES string of the molecule is CNS(=O)(=O)c1cc(-c2sc(NC(C)=O)nc2C)cc2c1C(=O)N(C(C)C)C2. The van der Waals surface area contributed by atoms with Crippen LogP contribution < -0.4 is 10.0 Å². The first kappa shape index (κ1) is 20.4. The molecular weight excluding hydrogens is 400 g/mol. The number of anilines is 1. The van der Waals surface area contributed by atoms with E-state index in [4.69, 9.17) is 0 Å². The van der Waals surface area contributed by atoms with Crippen molar-refractivity contribution >= 4 is 38.3 Å². The van der Waals surface area contributed by atoms with Crippen LogP contribution in [0.1, 0.15) is 42.4 Å². The number of carbonyl (C=O) groups is 2. The minimum Gasteiger partial charge on any atom is -0.332 e. The highest BCUT2D eigenvalue weighted by Gasteiger charge is 2.35. The van der Waals surface area contributed by atoms with Gasteiger partial charge in [-0.25, -0.2) is 18.1 Å². The summed E-state index contributed by atoms with van der Waals surface area (Å²) in [6, 6.07) is 3.29. The van der Waals surface area contributed by atoms with E-state index in [0.717, 1.165) is 4.88 Å². The quantitative estimate of drug-likeness (QED) is 0.769. The van der Waals surface area contributed by atoms with Crippen molar-refractivity contribution in [3.63, 3.8) is 0 Å². The zero-order chi connectivity index (χ0) is 20.8. The molecule has 0 fully saturated rings. The molecule has 1 aliphatic heterocycles. The first-order chi connectivity index (χ1) is 13.0. The number of hydrogen-bond donors (Lipinski definition) is 2. The normalized spacial score (nSPS) is 13.9. The third-order valence-corrected chi connectivity index (χ3v) is 7.08. The van der Waals surface area contributed by atoms with Crippen molar-refractivity contribution in [2.75, 3.05) is 12.4 Å². The van der Waals surface area contributed by atoms with Gasteiger partial charge in [0.2, 0.25) is 15.9 Å². The maximum Gasteiger partial charge on any atom is 0.256 e. The van der Waals surface area contributed by atoms with E-state index in [1.807, 2.05) is 19.9 Å². The predicted molar refractivity (Wildman–Crippen MR) is 108 cm³/mol. The third-order valence-electron chi connectivity index (χ3n) is 4.52. The lowest BCUT2D eigenvalue weighted by atomic mass is 10.0. The molecule has 0 atom stereocenters. The van der Waals surface area contributed by atoms with Crippen LogP contribution >= 0.6 is 11.3 Å². The molecule has 2 aromatic rings. The van der Waals surface area contributed by atoms with Crippen LogP contribution in [0.2, 0.25) is 0 Å². The van der Waals surface area contributed by atoms with E-state index in [2.05, 4.69) is 15.0 Å². The van der Waals surface area contributed by atoms with Crippen molar-refractivity contribution in [1.29, 1.82) is 0 Å². The fourth-order valence-electron chi connectivity index (χ4n) is 3.18. The second-order valence-corrected chi connectivity index (χ2v) is 9.71. The number of aromatic nitrogens is 1. The molecule has 28 heavy (non-hydrogen) atoms. The molecule has 8 nitrogen and oxygen atoms in total. The summed E-state index contributed by atoms with van der Waals surface area (Å²) in [5, 5.41) is 3.09. The summed E-state index contributed by atoms with van der Waals surface area (Å²) in [5.41, 5.74) is 2.21. The van der Waals surface area contributed by atoms with Crippen molar-refractivity contribution in [3.8, 4) is 10.4 Å². The molecule has 3 rings (SSSR count). The number of benzene rings is 1. The number of rotatable bonds is 5. The number of hydrogen-bond acceptors (Lipinski definition) is 6. The lowest BCUT2D eigenvalue weighted by Crippen LogP contribution is -2.31. The van der Waals surface area contributed by atoms with Gasteiger partial charge < -0.3 is 10.2 Å². The van der Waals surface area contributed by atoms with E-state index in [1.54, 1.807) is 11.8 Å². The summed E-state index contributed by atoms with van der Waals surface area (Å²) >= 11 is 1.26. The molecule has 0 saturated heterocycles. The van der Waals surface area contributed by atoms with Gasteiger partial charge in [0, 0.05) is 19.5 Å². The second-order valence-electron chi connectivity index (χ2n) is 6.86. The standard InChI is InChI=1S/C18H22N4O4S2/c1-9(2)22-8-13-6-12(16-10(3)20-18(27-16)21-11(4)23)7-14(15(13)17(22)24)28(25,26)19-5/h6-7,9,19H,8H2,1-5H3,(H,20,21,23). The molecule has 0 spiro atoms. The molecule has 150 valence electrons. The molecule has 1 aliphatic rings. The zero-order valence-corrected chi connectivity index (χ0v) is 17.9. The Morgan fingerprint density at radius 1 is 1.32 bits per heavy atom. The average Bonchev–Trinajstić information content (AvgIpc) is 3.13. The van der Waals surface area contributed by atoms with Gasteiger partial charge in [-0.3, -0.25) is 9.59 Å². The molecule has 2 amide bonds. The van der Waals surface area contributed by atoms with E-state index in [1.165, 1.54) is 31.4 Å². The highest BCUT2D eigenvalue weighted by molar-refractivity contribution is 7.89. The zero-order valence-electron chi connectivity index (χ0n) is 16.3. The first-order valence-electron chi connectivity index (χ1n) is 8.72. The summed E-state index contributed by atoms with van der Waals surface area (Å²) in [5.74, 6) is -0.517. The van der Waals surface area contributed by atoms with E-state index < -0.39 is 10.0 Å². The molecule has 1 aromatic carbocycles. The van der Waals surface area contributed by atoms with Gasteiger partial charge in [-0.15, -0.1) is 0 Å². The number of thiazole rings is 1. The Kier molecular flexibility index (Phi) is 5.30. The molecule has 10 heteroatoms. The Morgan fingerprint density at radius 3 is 2.57 bits per heavy atom. The minimum absolute atomic E-state index is 0.0375. The maximum atomic E-state index is 12.8. The van der Waals surface area contributed by atoms with Crippen LogP contribution in [-0.2, 0) is 21.4 Å². The van der Waals surface area contributed by atoms with Crippen LogP contribution in [0.3, 0.4) is 0 Å². The highest BCUT2D eigenvalue weighted by atomic mass is 32.2. The van der Waals surface area contributed by atoms with E-state index in [9.17, 15) is 18.0 Å². The van der Waals surface area contributed by atoms with Crippen LogP contribution in [0.5, 0.6) is 0 Å². The predicted octanol–water partition coefficient (Wildman–Crippen LogP) is 2.35. The van der Waals surface area contributed by atoms with E-state index in [-0.39, 0.29) is 28.3 Å². The van der Waals surface area contributed by atoms with Crippen molar-refractivity contribution in [2.45, 2.75) is 45.2 Å². The van der Waals surface area contributed by atoms with Gasteiger partial charge in [-0.2, -0.15) is 0 Å². The fraction of sp³-hybridized carbons (Fsp3) is 0.389. The third kappa shape index (κ3) is 3.54. The monoisotopic (exact) mass is 422 g/mol. The Labute approximate surface area is 168 Å². The summed E-state index contributed by atoms with van der Waals surface area (Å²) in [4.78, 5) is 30.8. The molecule has 0 radical (unpaired) electrons. The second kappa shape index (κ2) is 7.26. The summed E-state index contributed by atoms with van der Waals surface area (Å²) in [6.45, 7) is 7.33. The molecule has 0 unspecified atom stereocenters. The minimum atomic E-state index is -3.84. The topological polar surface area (TPSA) is 108 Å². The largest absolute Gasteiger partial charge is 0.332 e. The van der Waals surface area contributed by atoms with Gasteiger partial charge >= 0.3 is 0 Å². The molecule has 0 saturated carbocycles. The number of nitrogens with one attached hydrogen (secondary N) is 2. The molecule has 0 bridgehead atoms. The molecule has 2 heterocycles. The highest BCUT2D eigenvalue weighted by Crippen LogP contribution is 2.38. The van der Waals surface area contributed by atoms with Gasteiger partial charge in [0.05, 0.1) is 21.0 Å². The Hall–Kier alpha value is -2.30. The van der Waals surface area contributed by atoms with Crippen molar-refractivity contribution < 1.29 is 18.0 Å². The van der Waals surface area contributed by atoms with Gasteiger partial charge in [-0.1, -0.05) is 11.3 Å². The van der Waals surface area contributed by atoms with E-state index >= 15 is 0 Å². The molecule has 0 aliphatic carbocycles. The van der Waals surface area contributed by atoms with Crippen molar-refractivity contribution in [3.05, 3.63) is 29.0 Å². The van der Waals surface area contributed by atoms with Crippen LogP contribution in [0.4, 0.5) is 5.13 Å². The first-order valence-corrected chi connectivity index (χ1v) is 11.0. The van der Waals surface area contributed by atoms with Gasteiger partial charge in [-0.05, 0) is 51.1 Å². The molecule has 1 aromatic heterocycles.